The number of nitrogens with two attached hydrogens (primary N) is 1. The molecule has 1 aromatic heterocycles. The monoisotopic (exact) mass is 169 g/mol. The van der Waals surface area contributed by atoms with Gasteiger partial charge in [0.05, 0.1) is 6.54 Å². The van der Waals surface area contributed by atoms with E-state index in [4.69, 9.17) is 5.73 Å². The summed E-state index contributed by atoms with van der Waals surface area (Å²) in [7, 11) is 0. The zero-order valence-corrected chi connectivity index (χ0v) is 6.68. The summed E-state index contributed by atoms with van der Waals surface area (Å²) in [6, 6.07) is 0. The second kappa shape index (κ2) is 4.55. The van der Waals surface area contributed by atoms with Crippen molar-refractivity contribution in [2.45, 2.75) is 19.4 Å². The van der Waals surface area contributed by atoms with Crippen molar-refractivity contribution in [3.8, 4) is 0 Å². The first-order valence-corrected chi connectivity index (χ1v) is 3.75. The molecule has 1 heterocycles. The lowest BCUT2D eigenvalue weighted by molar-refractivity contribution is -0.117. The third-order valence-corrected chi connectivity index (χ3v) is 1.46. The molecular weight excluding hydrogens is 158 g/mol. The summed E-state index contributed by atoms with van der Waals surface area (Å²) >= 11 is 0. The molecule has 66 valence electrons. The van der Waals surface area contributed by atoms with Crippen molar-refractivity contribution in [3.63, 3.8) is 0 Å². The minimum atomic E-state index is 0.0723. The Balaban J connectivity index is 2.15. The van der Waals surface area contributed by atoms with Gasteiger partial charge in [0.2, 0.25) is 0 Å². The fourth-order valence-electron chi connectivity index (χ4n) is 0.823. The number of nitrogens with zero attached hydrogens (tertiary/aromatic N) is 4. The molecule has 0 aliphatic rings. The van der Waals surface area contributed by atoms with Crippen LogP contribution in [0.3, 0.4) is 0 Å². The van der Waals surface area contributed by atoms with E-state index in [1.54, 1.807) is 4.68 Å². The maximum absolute atomic E-state index is 10.8. The minimum Gasteiger partial charge on any atom is -0.324 e. The van der Waals surface area contributed by atoms with Gasteiger partial charge < -0.3 is 5.73 Å². The number of ketones is 1. The molecule has 6 heteroatoms. The van der Waals surface area contributed by atoms with Crippen LogP contribution in [-0.2, 0) is 11.3 Å². The number of tetrazole rings is 1. The predicted octanol–water partition coefficient (Wildman–Crippen LogP) is -1.02. The van der Waals surface area contributed by atoms with Gasteiger partial charge in [0.1, 0.15) is 12.1 Å². The van der Waals surface area contributed by atoms with Gasteiger partial charge in [0.25, 0.3) is 0 Å². The van der Waals surface area contributed by atoms with Crippen LogP contribution < -0.4 is 5.73 Å². The summed E-state index contributed by atoms with van der Waals surface area (Å²) in [5.74, 6) is 0.0723. The van der Waals surface area contributed by atoms with Crippen LogP contribution in [0.2, 0.25) is 0 Å². The summed E-state index contributed by atoms with van der Waals surface area (Å²) in [6.45, 7) is 0.786. The molecule has 0 aromatic carbocycles. The summed E-state index contributed by atoms with van der Waals surface area (Å²) in [6.07, 6.45) is 2.75. The molecule has 1 aromatic rings. The Morgan fingerprint density at radius 1 is 1.58 bits per heavy atom. The highest BCUT2D eigenvalue weighted by atomic mass is 16.1. The topological polar surface area (TPSA) is 86.7 Å². The van der Waals surface area contributed by atoms with E-state index < -0.39 is 0 Å². The number of carbonyl (C=O) groups excluding carboxylic acids is 1. The van der Waals surface area contributed by atoms with Crippen LogP contribution in [0, 0.1) is 0 Å². The molecule has 0 radical (unpaired) electrons. The van der Waals surface area contributed by atoms with Crippen LogP contribution in [-0.4, -0.2) is 32.5 Å². The third kappa shape index (κ3) is 2.75. The molecule has 0 atom stereocenters. The van der Waals surface area contributed by atoms with E-state index in [0.29, 0.717) is 13.0 Å². The lowest BCUT2D eigenvalue weighted by Gasteiger charge is -1.97. The van der Waals surface area contributed by atoms with Crippen molar-refractivity contribution in [2.75, 3.05) is 6.54 Å². The molecule has 0 aliphatic carbocycles. The number of carbonyl (C=O) groups is 1. The van der Waals surface area contributed by atoms with Gasteiger partial charge in [0, 0.05) is 13.0 Å². The normalized spacial score (nSPS) is 10.1. The van der Waals surface area contributed by atoms with E-state index in [9.17, 15) is 4.79 Å². The van der Waals surface area contributed by atoms with Crippen molar-refractivity contribution in [3.05, 3.63) is 6.33 Å². The third-order valence-electron chi connectivity index (χ3n) is 1.46. The average Bonchev–Trinajstić information content (AvgIpc) is 2.57. The Kier molecular flexibility index (Phi) is 3.34. The van der Waals surface area contributed by atoms with Crippen molar-refractivity contribution in [2.24, 2.45) is 5.73 Å². The highest BCUT2D eigenvalue weighted by Crippen LogP contribution is 1.92. The number of aromatic nitrogens is 4. The van der Waals surface area contributed by atoms with Gasteiger partial charge >= 0.3 is 0 Å². The SMILES string of the molecule is NCC(=O)CCCn1cnnn1. The largest absolute Gasteiger partial charge is 0.324 e. The smallest absolute Gasteiger partial charge is 0.146 e. The van der Waals surface area contributed by atoms with Gasteiger partial charge in [-0.25, -0.2) is 4.68 Å². The Hall–Kier alpha value is -1.30. The molecule has 0 aliphatic heterocycles. The molecule has 1 rings (SSSR count). The Labute approximate surface area is 69.7 Å². The van der Waals surface area contributed by atoms with Crippen LogP contribution >= 0.6 is 0 Å². The Morgan fingerprint density at radius 2 is 2.42 bits per heavy atom. The molecule has 0 unspecified atom stereocenters. The zero-order chi connectivity index (χ0) is 8.81. The number of hydrogen-bond donors (Lipinski definition) is 1. The molecule has 0 amide bonds. The zero-order valence-electron chi connectivity index (χ0n) is 6.68. The molecule has 0 spiro atoms. The highest BCUT2D eigenvalue weighted by molar-refractivity contribution is 5.80. The van der Waals surface area contributed by atoms with Crippen LogP contribution in [0.25, 0.3) is 0 Å². The molecule has 6 nitrogen and oxygen atoms in total. The second-order valence-electron chi connectivity index (χ2n) is 2.42. The number of rotatable bonds is 5. The average molecular weight is 169 g/mol. The Bertz CT molecular complexity index is 232. The standard InChI is InChI=1S/C6H11N5O/c7-4-6(12)2-1-3-11-5-8-9-10-11/h5H,1-4,7H2. The first-order chi connectivity index (χ1) is 5.83. The van der Waals surface area contributed by atoms with Gasteiger partial charge in [0.15, 0.2) is 0 Å². The van der Waals surface area contributed by atoms with Crippen molar-refractivity contribution >= 4 is 5.78 Å². The van der Waals surface area contributed by atoms with Crippen molar-refractivity contribution in [1.29, 1.82) is 0 Å². The minimum absolute atomic E-state index is 0.0723. The molecule has 0 fully saturated rings. The molecular formula is C6H11N5O. The van der Waals surface area contributed by atoms with Crippen LogP contribution in [0.4, 0.5) is 0 Å². The molecule has 0 saturated carbocycles. The van der Waals surface area contributed by atoms with Crippen molar-refractivity contribution in [1.82, 2.24) is 20.2 Å². The van der Waals surface area contributed by atoms with E-state index in [1.807, 2.05) is 0 Å². The summed E-state index contributed by atoms with van der Waals surface area (Å²) < 4.78 is 1.59. The van der Waals surface area contributed by atoms with Gasteiger partial charge in [-0.2, -0.15) is 0 Å². The summed E-state index contributed by atoms with van der Waals surface area (Å²) in [4.78, 5) is 10.8. The quantitative estimate of drug-likeness (QED) is 0.609. The predicted molar refractivity (Wildman–Crippen MR) is 41.1 cm³/mol. The van der Waals surface area contributed by atoms with Crippen molar-refractivity contribution < 1.29 is 4.79 Å². The molecule has 2 N–H and O–H groups in total. The lowest BCUT2D eigenvalue weighted by atomic mass is 10.2. The number of hydrogen-bond acceptors (Lipinski definition) is 5. The fourth-order valence-corrected chi connectivity index (χ4v) is 0.823. The maximum Gasteiger partial charge on any atom is 0.146 e. The number of aryl methyl sites for hydroxylation is 1. The van der Waals surface area contributed by atoms with E-state index >= 15 is 0 Å². The van der Waals surface area contributed by atoms with Gasteiger partial charge in [-0.3, -0.25) is 4.79 Å². The van der Waals surface area contributed by atoms with Crippen LogP contribution in [0.15, 0.2) is 6.33 Å². The van der Waals surface area contributed by atoms with Gasteiger partial charge in [-0.05, 0) is 16.8 Å². The van der Waals surface area contributed by atoms with E-state index in [-0.39, 0.29) is 12.3 Å². The Morgan fingerprint density at radius 3 is 3.00 bits per heavy atom. The van der Waals surface area contributed by atoms with E-state index in [0.717, 1.165) is 6.42 Å². The second-order valence-corrected chi connectivity index (χ2v) is 2.42. The van der Waals surface area contributed by atoms with Gasteiger partial charge in [-0.1, -0.05) is 0 Å². The molecule has 0 bridgehead atoms. The van der Waals surface area contributed by atoms with Crippen LogP contribution in [0.5, 0.6) is 0 Å². The van der Waals surface area contributed by atoms with E-state index in [1.165, 1.54) is 6.33 Å². The lowest BCUT2D eigenvalue weighted by Crippen LogP contribution is -2.13. The van der Waals surface area contributed by atoms with E-state index in [2.05, 4.69) is 15.5 Å². The first-order valence-electron chi connectivity index (χ1n) is 3.75. The molecule has 12 heavy (non-hydrogen) atoms. The number of Topliss-reactive ketones (excluding diaryl/α,β-unsaturated/α-hetero) is 1. The van der Waals surface area contributed by atoms with Gasteiger partial charge in [-0.15, -0.1) is 5.10 Å². The first kappa shape index (κ1) is 8.79. The molecule has 0 saturated heterocycles. The fraction of sp³-hybridized carbons (Fsp3) is 0.667. The maximum atomic E-state index is 10.8. The highest BCUT2D eigenvalue weighted by Gasteiger charge is 1.98. The summed E-state index contributed by atoms with van der Waals surface area (Å²) in [5.41, 5.74) is 5.13. The summed E-state index contributed by atoms with van der Waals surface area (Å²) in [5, 5.41) is 10.6. The van der Waals surface area contributed by atoms with Crippen LogP contribution in [0.1, 0.15) is 12.8 Å².